The van der Waals surface area contributed by atoms with Gasteiger partial charge in [0.25, 0.3) is 0 Å². The van der Waals surface area contributed by atoms with Crippen molar-refractivity contribution in [1.29, 1.82) is 0 Å². The zero-order valence-corrected chi connectivity index (χ0v) is 11.7. The maximum absolute atomic E-state index is 11.3. The second-order valence-corrected chi connectivity index (χ2v) is 4.31. The Morgan fingerprint density at radius 2 is 2.00 bits per heavy atom. The normalized spacial score (nSPS) is 11.9. The monoisotopic (exact) mass is 275 g/mol. The van der Waals surface area contributed by atoms with Gasteiger partial charge in [0.05, 0.1) is 14.2 Å². The molecule has 1 aromatic heterocycles. The molecule has 0 bridgehead atoms. The second-order valence-electron chi connectivity index (χ2n) is 4.31. The van der Waals surface area contributed by atoms with Gasteiger partial charge in [-0.15, -0.1) is 0 Å². The molecule has 20 heavy (non-hydrogen) atoms. The molecule has 0 saturated carbocycles. The number of hydrogen-bond donors (Lipinski definition) is 1. The molecule has 0 saturated heterocycles. The van der Waals surface area contributed by atoms with Gasteiger partial charge < -0.3 is 19.8 Å². The summed E-state index contributed by atoms with van der Waals surface area (Å²) in [7, 11) is 3.15. The molecule has 1 aromatic carbocycles. The van der Waals surface area contributed by atoms with E-state index >= 15 is 0 Å². The van der Waals surface area contributed by atoms with Crippen molar-refractivity contribution in [2.24, 2.45) is 5.73 Å². The number of nitrogens with two attached hydrogens (primary N) is 1. The molecule has 1 amide bonds. The smallest absolute Gasteiger partial charge is 0.240 e. The molecule has 0 spiro atoms. The van der Waals surface area contributed by atoms with E-state index in [-0.39, 0.29) is 0 Å². The second kappa shape index (κ2) is 5.64. The highest BCUT2D eigenvalue weighted by Gasteiger charge is 2.17. The molecule has 1 atom stereocenters. The van der Waals surface area contributed by atoms with Crippen LogP contribution in [0.25, 0.3) is 11.4 Å². The number of amides is 1. The summed E-state index contributed by atoms with van der Waals surface area (Å²) in [6.07, 6.45) is 3.35. The molecule has 106 valence electrons. The summed E-state index contributed by atoms with van der Waals surface area (Å²) in [4.78, 5) is 15.6. The van der Waals surface area contributed by atoms with E-state index in [1.165, 1.54) is 0 Å². The Morgan fingerprint density at radius 3 is 2.60 bits per heavy atom. The molecule has 0 radical (unpaired) electrons. The Hall–Kier alpha value is -2.50. The van der Waals surface area contributed by atoms with Gasteiger partial charge in [0.15, 0.2) is 11.5 Å². The van der Waals surface area contributed by atoms with Crippen LogP contribution in [0.5, 0.6) is 11.5 Å². The third-order valence-electron chi connectivity index (χ3n) is 3.14. The van der Waals surface area contributed by atoms with Gasteiger partial charge in [-0.25, -0.2) is 4.98 Å². The van der Waals surface area contributed by atoms with E-state index in [2.05, 4.69) is 4.98 Å². The molecule has 0 aliphatic heterocycles. The number of rotatable bonds is 5. The van der Waals surface area contributed by atoms with Crippen LogP contribution in [0, 0.1) is 0 Å². The Labute approximate surface area is 117 Å². The van der Waals surface area contributed by atoms with Crippen molar-refractivity contribution in [2.45, 2.75) is 13.0 Å². The zero-order chi connectivity index (χ0) is 14.7. The predicted molar refractivity (Wildman–Crippen MR) is 74.7 cm³/mol. The first-order valence-corrected chi connectivity index (χ1v) is 6.13. The van der Waals surface area contributed by atoms with Crippen molar-refractivity contribution in [3.8, 4) is 22.9 Å². The maximum Gasteiger partial charge on any atom is 0.240 e. The van der Waals surface area contributed by atoms with E-state index in [9.17, 15) is 4.79 Å². The highest BCUT2D eigenvalue weighted by molar-refractivity contribution is 5.79. The SMILES string of the molecule is COc1ccc(-c2nccn2C(C)C(N)=O)cc1OC. The lowest BCUT2D eigenvalue weighted by Gasteiger charge is -2.14. The van der Waals surface area contributed by atoms with Crippen LogP contribution in [-0.4, -0.2) is 29.7 Å². The minimum atomic E-state index is -0.472. The lowest BCUT2D eigenvalue weighted by atomic mass is 10.1. The molecule has 6 nitrogen and oxygen atoms in total. The van der Waals surface area contributed by atoms with Gasteiger partial charge in [0.2, 0.25) is 5.91 Å². The van der Waals surface area contributed by atoms with Crippen LogP contribution in [0.1, 0.15) is 13.0 Å². The average molecular weight is 275 g/mol. The predicted octanol–water partition coefficient (Wildman–Crippen LogP) is 1.61. The highest BCUT2D eigenvalue weighted by atomic mass is 16.5. The number of carbonyl (C=O) groups is 1. The Morgan fingerprint density at radius 1 is 1.30 bits per heavy atom. The Balaban J connectivity index is 2.47. The van der Waals surface area contributed by atoms with Gasteiger partial charge in [0.1, 0.15) is 11.9 Å². The van der Waals surface area contributed by atoms with Crippen LogP contribution in [-0.2, 0) is 4.79 Å². The molecule has 2 N–H and O–H groups in total. The first-order chi connectivity index (χ1) is 9.58. The number of aromatic nitrogens is 2. The topological polar surface area (TPSA) is 79.4 Å². The summed E-state index contributed by atoms with van der Waals surface area (Å²) in [5.41, 5.74) is 6.16. The number of carbonyl (C=O) groups excluding carboxylic acids is 1. The highest BCUT2D eigenvalue weighted by Crippen LogP contribution is 2.32. The number of primary amides is 1. The standard InChI is InChI=1S/C14H17N3O3/c1-9(13(15)18)17-7-6-16-14(17)10-4-5-11(19-2)12(8-10)20-3/h4-9H,1-3H3,(H2,15,18). The van der Waals surface area contributed by atoms with E-state index < -0.39 is 11.9 Å². The van der Waals surface area contributed by atoms with Crippen molar-refractivity contribution in [1.82, 2.24) is 9.55 Å². The molecule has 2 aromatic rings. The first kappa shape index (κ1) is 13.9. The van der Waals surface area contributed by atoms with Gasteiger partial charge in [0, 0.05) is 18.0 Å². The van der Waals surface area contributed by atoms with Crippen molar-refractivity contribution < 1.29 is 14.3 Å². The molecule has 1 heterocycles. The molecule has 2 rings (SSSR count). The van der Waals surface area contributed by atoms with Gasteiger partial charge in [-0.2, -0.15) is 0 Å². The van der Waals surface area contributed by atoms with Gasteiger partial charge in [-0.1, -0.05) is 0 Å². The fourth-order valence-electron chi connectivity index (χ4n) is 1.96. The average Bonchev–Trinajstić information content (AvgIpc) is 2.94. The number of hydrogen-bond acceptors (Lipinski definition) is 4. The third kappa shape index (κ3) is 2.45. The lowest BCUT2D eigenvalue weighted by molar-refractivity contribution is -0.120. The fraction of sp³-hybridized carbons (Fsp3) is 0.286. The summed E-state index contributed by atoms with van der Waals surface area (Å²) in [5.74, 6) is 1.48. The molecule has 6 heteroatoms. The molecular formula is C14H17N3O3. The Bertz CT molecular complexity index is 622. The summed E-state index contributed by atoms with van der Waals surface area (Å²) < 4.78 is 12.2. The van der Waals surface area contributed by atoms with Crippen LogP contribution < -0.4 is 15.2 Å². The minimum absolute atomic E-state index is 0.412. The zero-order valence-electron chi connectivity index (χ0n) is 11.7. The van der Waals surface area contributed by atoms with Crippen LogP contribution in [0.4, 0.5) is 0 Å². The van der Waals surface area contributed by atoms with Crippen molar-refractivity contribution in [3.63, 3.8) is 0 Å². The van der Waals surface area contributed by atoms with Gasteiger partial charge in [-0.3, -0.25) is 4.79 Å². The number of nitrogens with zero attached hydrogens (tertiary/aromatic N) is 2. The van der Waals surface area contributed by atoms with Crippen LogP contribution >= 0.6 is 0 Å². The minimum Gasteiger partial charge on any atom is -0.493 e. The fourth-order valence-corrected chi connectivity index (χ4v) is 1.96. The summed E-state index contributed by atoms with van der Waals surface area (Å²) >= 11 is 0. The van der Waals surface area contributed by atoms with E-state index in [4.69, 9.17) is 15.2 Å². The summed E-state index contributed by atoms with van der Waals surface area (Å²) in [6.45, 7) is 1.73. The summed E-state index contributed by atoms with van der Waals surface area (Å²) in [6, 6.07) is 4.99. The van der Waals surface area contributed by atoms with Crippen LogP contribution in [0.2, 0.25) is 0 Å². The number of ether oxygens (including phenoxy) is 2. The number of benzene rings is 1. The number of methoxy groups -OCH3 is 2. The molecular weight excluding hydrogens is 258 g/mol. The molecule has 1 unspecified atom stereocenters. The third-order valence-corrected chi connectivity index (χ3v) is 3.14. The van der Waals surface area contributed by atoms with E-state index in [0.29, 0.717) is 17.3 Å². The van der Waals surface area contributed by atoms with Crippen LogP contribution in [0.15, 0.2) is 30.6 Å². The van der Waals surface area contributed by atoms with E-state index in [1.807, 2.05) is 12.1 Å². The first-order valence-electron chi connectivity index (χ1n) is 6.13. The molecule has 0 aliphatic carbocycles. The molecule has 0 fully saturated rings. The van der Waals surface area contributed by atoms with Crippen LogP contribution in [0.3, 0.4) is 0 Å². The maximum atomic E-state index is 11.3. The van der Waals surface area contributed by atoms with Crippen molar-refractivity contribution in [2.75, 3.05) is 14.2 Å². The Kier molecular flexibility index (Phi) is 3.93. The summed E-state index contributed by atoms with van der Waals surface area (Å²) in [5, 5.41) is 0. The molecule has 0 aliphatic rings. The quantitative estimate of drug-likeness (QED) is 0.899. The lowest BCUT2D eigenvalue weighted by Crippen LogP contribution is -2.24. The van der Waals surface area contributed by atoms with Gasteiger partial charge in [-0.05, 0) is 25.1 Å². The van der Waals surface area contributed by atoms with E-state index in [1.54, 1.807) is 44.2 Å². The van der Waals surface area contributed by atoms with Crippen molar-refractivity contribution in [3.05, 3.63) is 30.6 Å². The van der Waals surface area contributed by atoms with E-state index in [0.717, 1.165) is 5.56 Å². The number of imidazole rings is 1. The van der Waals surface area contributed by atoms with Crippen molar-refractivity contribution >= 4 is 5.91 Å². The largest absolute Gasteiger partial charge is 0.493 e. The van der Waals surface area contributed by atoms with Gasteiger partial charge >= 0.3 is 0 Å².